The predicted octanol–water partition coefficient (Wildman–Crippen LogP) is -1.35. The maximum Gasteiger partial charge on any atom is 0.187 e. The third-order valence-electron chi connectivity index (χ3n) is 12.8. The van der Waals surface area contributed by atoms with Gasteiger partial charge < -0.3 is 60.5 Å². The van der Waals surface area contributed by atoms with Crippen molar-refractivity contribution in [2.24, 2.45) is 28.6 Å². The first kappa shape index (κ1) is 36.2. The van der Waals surface area contributed by atoms with Crippen LogP contribution < -0.4 is 0 Å². The molecule has 0 aromatic heterocycles. The Labute approximate surface area is 269 Å². The number of rotatable bonds is 8. The molecule has 5 rings (SSSR count). The van der Waals surface area contributed by atoms with Crippen LogP contribution in [0.15, 0.2) is 11.6 Å². The first-order valence-corrected chi connectivity index (χ1v) is 16.6. The second kappa shape index (κ2) is 12.1. The fourth-order valence-corrected chi connectivity index (χ4v) is 9.82. The van der Waals surface area contributed by atoms with Gasteiger partial charge in [-0.25, -0.2) is 0 Å². The van der Waals surface area contributed by atoms with Gasteiger partial charge in [-0.2, -0.15) is 0 Å². The molecule has 46 heavy (non-hydrogen) atoms. The van der Waals surface area contributed by atoms with Crippen molar-refractivity contribution >= 4 is 5.78 Å². The number of hydrogen-bond acceptors (Lipinski definition) is 13. The van der Waals surface area contributed by atoms with Crippen LogP contribution in [0.1, 0.15) is 79.6 Å². The van der Waals surface area contributed by atoms with E-state index in [1.54, 1.807) is 27.7 Å². The number of hydrogen-bond donors (Lipinski definition) is 10. The normalized spacial score (nSPS) is 49.8. The highest BCUT2D eigenvalue weighted by Crippen LogP contribution is 2.68. The van der Waals surface area contributed by atoms with Crippen LogP contribution in [-0.2, 0) is 14.3 Å². The van der Waals surface area contributed by atoms with E-state index in [2.05, 4.69) is 0 Å². The van der Waals surface area contributed by atoms with Crippen LogP contribution in [-0.4, -0.2) is 135 Å². The van der Waals surface area contributed by atoms with Crippen molar-refractivity contribution in [1.82, 2.24) is 0 Å². The zero-order valence-electron chi connectivity index (χ0n) is 27.4. The number of ketones is 1. The van der Waals surface area contributed by atoms with Crippen LogP contribution >= 0.6 is 0 Å². The summed E-state index contributed by atoms with van der Waals surface area (Å²) in [5, 5.41) is 109. The zero-order chi connectivity index (χ0) is 34.4. The molecule has 1 saturated heterocycles. The van der Waals surface area contributed by atoms with E-state index in [4.69, 9.17) is 9.47 Å². The molecule has 0 aromatic carbocycles. The Kier molecular flexibility index (Phi) is 9.50. The monoisotopic (exact) mass is 658 g/mol. The number of aliphatic hydroxyl groups is 10. The summed E-state index contributed by atoms with van der Waals surface area (Å²) in [5.74, 6) is -2.26. The average Bonchev–Trinajstić information content (AvgIpc) is 3.27. The Bertz CT molecular complexity index is 1180. The quantitative estimate of drug-likeness (QED) is 0.145. The van der Waals surface area contributed by atoms with Crippen molar-refractivity contribution in [1.29, 1.82) is 0 Å². The van der Waals surface area contributed by atoms with Crippen molar-refractivity contribution in [2.75, 3.05) is 6.61 Å². The minimum Gasteiger partial charge on any atom is -0.394 e. The fraction of sp³-hybridized carbons (Fsp3) is 0.909. The van der Waals surface area contributed by atoms with Gasteiger partial charge in [0.05, 0.1) is 41.7 Å². The van der Waals surface area contributed by atoms with Crippen LogP contribution in [0.4, 0.5) is 0 Å². The molecule has 3 saturated carbocycles. The Morgan fingerprint density at radius 1 is 0.978 bits per heavy atom. The Morgan fingerprint density at radius 2 is 1.63 bits per heavy atom. The second-order valence-corrected chi connectivity index (χ2v) is 16.0. The van der Waals surface area contributed by atoms with Gasteiger partial charge in [0.25, 0.3) is 0 Å². The molecule has 10 N–H and O–H groups in total. The Hall–Kier alpha value is -1.07. The summed E-state index contributed by atoms with van der Waals surface area (Å²) in [5.41, 5.74) is -5.84. The second-order valence-electron chi connectivity index (χ2n) is 16.0. The number of carbonyl (C=O) groups is 1. The van der Waals surface area contributed by atoms with Gasteiger partial charge in [0.1, 0.15) is 30.5 Å². The van der Waals surface area contributed by atoms with E-state index in [-0.39, 0.29) is 31.5 Å². The molecule has 5 aliphatic rings. The maximum absolute atomic E-state index is 13.9. The summed E-state index contributed by atoms with van der Waals surface area (Å²) in [6, 6.07) is 0. The molecule has 4 aliphatic carbocycles. The van der Waals surface area contributed by atoms with Crippen molar-refractivity contribution in [3.8, 4) is 0 Å². The molecular formula is C33H54O13. The molecule has 13 heteroatoms. The van der Waals surface area contributed by atoms with Crippen molar-refractivity contribution in [3.05, 3.63) is 11.6 Å². The highest BCUT2D eigenvalue weighted by atomic mass is 16.7. The van der Waals surface area contributed by atoms with Crippen LogP contribution in [0.5, 0.6) is 0 Å². The first-order chi connectivity index (χ1) is 21.1. The topological polar surface area (TPSA) is 238 Å². The summed E-state index contributed by atoms with van der Waals surface area (Å²) in [7, 11) is 0. The number of fused-ring (bicyclic) bond motifs is 5. The van der Waals surface area contributed by atoms with E-state index in [1.807, 2.05) is 6.92 Å². The van der Waals surface area contributed by atoms with Gasteiger partial charge >= 0.3 is 0 Å². The molecule has 0 radical (unpaired) electrons. The molecule has 16 unspecified atom stereocenters. The number of carbonyl (C=O) groups excluding carboxylic acids is 1. The third kappa shape index (κ3) is 5.43. The predicted molar refractivity (Wildman–Crippen MR) is 161 cm³/mol. The van der Waals surface area contributed by atoms with Gasteiger partial charge in [-0.15, -0.1) is 0 Å². The molecule has 0 amide bonds. The minimum atomic E-state index is -1.73. The smallest absolute Gasteiger partial charge is 0.187 e. The van der Waals surface area contributed by atoms with Crippen LogP contribution in [0.3, 0.4) is 0 Å². The van der Waals surface area contributed by atoms with E-state index in [1.165, 1.54) is 6.08 Å². The van der Waals surface area contributed by atoms with Crippen molar-refractivity contribution in [3.63, 3.8) is 0 Å². The maximum atomic E-state index is 13.9. The molecule has 16 atom stereocenters. The van der Waals surface area contributed by atoms with E-state index >= 15 is 0 Å². The standard InChI is InChI=1S/C33H54O13/c1-29(2,42)9-8-22(36)32(5,43)21-7-11-33(44)16-12-18(35)17-13-19(45-28-26(40)25(39)23(37)20(14-34)46-28)24(38)27(41)31(17,4)15(16)6-10-30(21,33)3/h12,15,17,19-28,34,36-44H,6-11,13-14H2,1-5H3. The molecule has 13 nitrogen and oxygen atoms in total. The highest BCUT2D eigenvalue weighted by Gasteiger charge is 2.70. The van der Waals surface area contributed by atoms with Gasteiger partial charge in [0.15, 0.2) is 12.1 Å². The molecular weight excluding hydrogens is 604 g/mol. The lowest BCUT2D eigenvalue weighted by atomic mass is 9.45. The first-order valence-electron chi connectivity index (χ1n) is 16.6. The average molecular weight is 659 g/mol. The summed E-state index contributed by atoms with van der Waals surface area (Å²) in [6.45, 7) is 7.74. The summed E-state index contributed by atoms with van der Waals surface area (Å²) in [4.78, 5) is 13.9. The SMILES string of the molecule is CC(C)(O)CCC(O)C(C)(O)C1CCC2(O)C3=CC(=O)C4CC(OC5OC(CO)C(O)C(O)C5O)C(O)C(O)C4(C)C3CCC12C. The van der Waals surface area contributed by atoms with Gasteiger partial charge in [-0.3, -0.25) is 4.79 Å². The van der Waals surface area contributed by atoms with Crippen molar-refractivity contribution in [2.45, 2.75) is 151 Å². The Morgan fingerprint density at radius 3 is 2.24 bits per heavy atom. The van der Waals surface area contributed by atoms with E-state index in [9.17, 15) is 55.9 Å². The van der Waals surface area contributed by atoms with Gasteiger partial charge in [0.2, 0.25) is 0 Å². The van der Waals surface area contributed by atoms with Gasteiger partial charge in [-0.1, -0.05) is 13.8 Å². The molecule has 1 heterocycles. The van der Waals surface area contributed by atoms with Gasteiger partial charge in [-0.05, 0) is 89.2 Å². The largest absolute Gasteiger partial charge is 0.394 e. The highest BCUT2D eigenvalue weighted by molar-refractivity contribution is 5.95. The van der Waals surface area contributed by atoms with Crippen LogP contribution in [0, 0.1) is 28.6 Å². The van der Waals surface area contributed by atoms with Crippen molar-refractivity contribution < 1.29 is 65.3 Å². The molecule has 0 bridgehead atoms. The van der Waals surface area contributed by atoms with Gasteiger partial charge in [0, 0.05) is 16.7 Å². The molecule has 264 valence electrons. The lowest BCUT2D eigenvalue weighted by Crippen LogP contribution is -2.68. The molecule has 0 spiro atoms. The number of ether oxygens (including phenoxy) is 2. The van der Waals surface area contributed by atoms with Crippen LogP contribution in [0.25, 0.3) is 0 Å². The van der Waals surface area contributed by atoms with E-state index in [0.29, 0.717) is 24.8 Å². The molecule has 0 aromatic rings. The summed E-state index contributed by atoms with van der Waals surface area (Å²) < 4.78 is 11.3. The number of aliphatic hydroxyl groups excluding tert-OH is 7. The molecule has 1 aliphatic heterocycles. The zero-order valence-corrected chi connectivity index (χ0v) is 27.4. The third-order valence-corrected chi connectivity index (χ3v) is 12.8. The fourth-order valence-electron chi connectivity index (χ4n) is 9.82. The summed E-state index contributed by atoms with van der Waals surface area (Å²) in [6.07, 6.45) is -10.0. The van der Waals surface area contributed by atoms with Crippen LogP contribution in [0.2, 0.25) is 0 Å². The lowest BCUT2D eigenvalue weighted by Gasteiger charge is -2.62. The van der Waals surface area contributed by atoms with E-state index < -0.39 is 107 Å². The summed E-state index contributed by atoms with van der Waals surface area (Å²) >= 11 is 0. The Balaban J connectivity index is 1.41. The molecule has 4 fully saturated rings. The minimum absolute atomic E-state index is 0.0662. The van der Waals surface area contributed by atoms with E-state index in [0.717, 1.165) is 0 Å². The lowest BCUT2D eigenvalue weighted by molar-refractivity contribution is -0.328. The number of allylic oxidation sites excluding steroid dienone is 1.